The van der Waals surface area contributed by atoms with Crippen molar-refractivity contribution in [3.05, 3.63) is 24.3 Å². The van der Waals surface area contributed by atoms with Crippen molar-refractivity contribution in [2.24, 2.45) is 5.92 Å². The van der Waals surface area contributed by atoms with Gasteiger partial charge in [-0.05, 0) is 30.2 Å². The molecular formula is C15H21F3N2O. The number of hydrogen-bond acceptors (Lipinski definition) is 3. The third kappa shape index (κ3) is 4.52. The van der Waals surface area contributed by atoms with Gasteiger partial charge in [-0.25, -0.2) is 0 Å². The molecule has 1 fully saturated rings. The number of hydrogen-bond donors (Lipinski definition) is 1. The van der Waals surface area contributed by atoms with Crippen LogP contribution < -0.4 is 15.0 Å². The molecule has 3 nitrogen and oxygen atoms in total. The normalized spacial score (nSPS) is 21.2. The Morgan fingerprint density at radius 1 is 1.33 bits per heavy atom. The average Bonchev–Trinajstić information content (AvgIpc) is 2.45. The molecule has 1 aromatic rings. The second-order valence-corrected chi connectivity index (χ2v) is 5.43. The summed E-state index contributed by atoms with van der Waals surface area (Å²) < 4.78 is 40.3. The van der Waals surface area contributed by atoms with Crippen LogP contribution in [0, 0.1) is 5.92 Å². The molecule has 0 amide bonds. The van der Waals surface area contributed by atoms with Crippen LogP contribution in [0.25, 0.3) is 0 Å². The van der Waals surface area contributed by atoms with E-state index in [1.165, 1.54) is 12.1 Å². The summed E-state index contributed by atoms with van der Waals surface area (Å²) in [5, 5.41) is 3.50. The van der Waals surface area contributed by atoms with Crippen molar-refractivity contribution >= 4 is 5.69 Å². The monoisotopic (exact) mass is 302 g/mol. The van der Waals surface area contributed by atoms with Crippen LogP contribution in [-0.4, -0.2) is 32.0 Å². The van der Waals surface area contributed by atoms with Gasteiger partial charge in [-0.15, -0.1) is 13.2 Å². The largest absolute Gasteiger partial charge is 0.573 e. The van der Waals surface area contributed by atoms with E-state index in [4.69, 9.17) is 0 Å². The number of ether oxygens (including phenoxy) is 1. The lowest BCUT2D eigenvalue weighted by atomic mass is 9.97. The van der Waals surface area contributed by atoms with E-state index in [9.17, 15) is 13.2 Å². The zero-order valence-electron chi connectivity index (χ0n) is 12.3. The predicted octanol–water partition coefficient (Wildman–Crippen LogP) is 3.41. The molecule has 1 saturated heterocycles. The van der Waals surface area contributed by atoms with Gasteiger partial charge in [0.05, 0.1) is 0 Å². The quantitative estimate of drug-likeness (QED) is 0.922. The molecule has 0 aliphatic carbocycles. The summed E-state index contributed by atoms with van der Waals surface area (Å²) in [6, 6.07) is 6.50. The SMILES string of the molecule is CCC(C)C1CN(c2ccc(OC(F)(F)F)cc2)CCN1. The van der Waals surface area contributed by atoms with E-state index in [2.05, 4.69) is 28.8 Å². The topological polar surface area (TPSA) is 24.5 Å². The van der Waals surface area contributed by atoms with Crippen LogP contribution in [0.2, 0.25) is 0 Å². The molecule has 2 rings (SSSR count). The van der Waals surface area contributed by atoms with E-state index >= 15 is 0 Å². The Morgan fingerprint density at radius 2 is 2.00 bits per heavy atom. The van der Waals surface area contributed by atoms with Gasteiger partial charge in [0, 0.05) is 31.4 Å². The number of anilines is 1. The standard InChI is InChI=1S/C15H21F3N2O/c1-3-11(2)14-10-20(9-8-19-14)12-4-6-13(7-5-12)21-15(16,17)18/h4-7,11,14,19H,3,8-10H2,1-2H3. The minimum atomic E-state index is -4.64. The first-order valence-corrected chi connectivity index (χ1v) is 7.23. The molecule has 0 spiro atoms. The van der Waals surface area contributed by atoms with Crippen molar-refractivity contribution in [1.29, 1.82) is 0 Å². The molecule has 6 heteroatoms. The van der Waals surface area contributed by atoms with Crippen molar-refractivity contribution in [2.75, 3.05) is 24.5 Å². The Hall–Kier alpha value is -1.43. The smallest absolute Gasteiger partial charge is 0.406 e. The van der Waals surface area contributed by atoms with Gasteiger partial charge in [0.15, 0.2) is 0 Å². The molecule has 1 N–H and O–H groups in total. The van der Waals surface area contributed by atoms with Crippen LogP contribution in [0.3, 0.4) is 0 Å². The summed E-state index contributed by atoms with van der Waals surface area (Å²) in [7, 11) is 0. The Morgan fingerprint density at radius 3 is 2.57 bits per heavy atom. The number of rotatable bonds is 4. The second kappa shape index (κ2) is 6.56. The van der Waals surface area contributed by atoms with Crippen molar-refractivity contribution in [3.8, 4) is 5.75 Å². The van der Waals surface area contributed by atoms with Gasteiger partial charge in [0.25, 0.3) is 0 Å². The summed E-state index contributed by atoms with van der Waals surface area (Å²) in [4.78, 5) is 2.20. The van der Waals surface area contributed by atoms with Gasteiger partial charge < -0.3 is 15.0 Å². The van der Waals surface area contributed by atoms with E-state index in [0.29, 0.717) is 12.0 Å². The second-order valence-electron chi connectivity index (χ2n) is 5.43. The molecule has 0 bridgehead atoms. The Bertz CT molecular complexity index is 447. The average molecular weight is 302 g/mol. The van der Waals surface area contributed by atoms with Gasteiger partial charge >= 0.3 is 6.36 Å². The lowest BCUT2D eigenvalue weighted by Gasteiger charge is -2.38. The lowest BCUT2D eigenvalue weighted by molar-refractivity contribution is -0.274. The first-order valence-electron chi connectivity index (χ1n) is 7.23. The zero-order chi connectivity index (χ0) is 15.5. The number of piperazine rings is 1. The van der Waals surface area contributed by atoms with Gasteiger partial charge in [0.2, 0.25) is 0 Å². The first-order chi connectivity index (χ1) is 9.89. The van der Waals surface area contributed by atoms with E-state index < -0.39 is 6.36 Å². The van der Waals surface area contributed by atoms with Crippen LogP contribution in [0.15, 0.2) is 24.3 Å². The minimum Gasteiger partial charge on any atom is -0.406 e. The summed E-state index contributed by atoms with van der Waals surface area (Å²) in [5.74, 6) is 0.389. The highest BCUT2D eigenvalue weighted by atomic mass is 19.4. The molecule has 1 aliphatic rings. The van der Waals surface area contributed by atoms with Crippen LogP contribution in [0.5, 0.6) is 5.75 Å². The van der Waals surface area contributed by atoms with Gasteiger partial charge in [-0.1, -0.05) is 20.3 Å². The van der Waals surface area contributed by atoms with Crippen molar-refractivity contribution < 1.29 is 17.9 Å². The van der Waals surface area contributed by atoms with Crippen LogP contribution in [0.1, 0.15) is 20.3 Å². The molecule has 1 aliphatic heterocycles. The number of nitrogens with one attached hydrogen (secondary N) is 1. The third-order valence-corrected chi connectivity index (χ3v) is 3.97. The highest BCUT2D eigenvalue weighted by molar-refractivity contribution is 5.49. The van der Waals surface area contributed by atoms with Gasteiger partial charge in [-0.3, -0.25) is 0 Å². The van der Waals surface area contributed by atoms with Gasteiger partial charge in [0.1, 0.15) is 5.75 Å². The summed E-state index contributed by atoms with van der Waals surface area (Å²) in [5.41, 5.74) is 0.930. The van der Waals surface area contributed by atoms with E-state index in [-0.39, 0.29) is 5.75 Å². The van der Waals surface area contributed by atoms with Crippen molar-refractivity contribution in [1.82, 2.24) is 5.32 Å². The van der Waals surface area contributed by atoms with Crippen molar-refractivity contribution in [2.45, 2.75) is 32.7 Å². The van der Waals surface area contributed by atoms with E-state index in [0.717, 1.165) is 31.7 Å². The molecule has 118 valence electrons. The molecule has 21 heavy (non-hydrogen) atoms. The Balaban J connectivity index is 2.01. The maximum atomic E-state index is 12.1. The Labute approximate surface area is 123 Å². The summed E-state index contributed by atoms with van der Waals surface area (Å²) in [6.45, 7) is 6.98. The fourth-order valence-corrected chi connectivity index (χ4v) is 2.54. The van der Waals surface area contributed by atoms with E-state index in [1.54, 1.807) is 12.1 Å². The van der Waals surface area contributed by atoms with Gasteiger partial charge in [-0.2, -0.15) is 0 Å². The first kappa shape index (κ1) is 15.9. The molecule has 0 radical (unpaired) electrons. The number of nitrogens with zero attached hydrogens (tertiary/aromatic N) is 1. The fourth-order valence-electron chi connectivity index (χ4n) is 2.54. The predicted molar refractivity (Wildman–Crippen MR) is 76.6 cm³/mol. The molecule has 2 atom stereocenters. The lowest BCUT2D eigenvalue weighted by Crippen LogP contribution is -2.53. The molecule has 2 unspecified atom stereocenters. The van der Waals surface area contributed by atoms with Crippen molar-refractivity contribution in [3.63, 3.8) is 0 Å². The maximum absolute atomic E-state index is 12.1. The summed E-state index contributed by atoms with van der Waals surface area (Å²) in [6.07, 6.45) is -3.54. The van der Waals surface area contributed by atoms with Crippen LogP contribution >= 0.6 is 0 Å². The van der Waals surface area contributed by atoms with Crippen LogP contribution in [0.4, 0.5) is 18.9 Å². The Kier molecular flexibility index (Phi) is 4.98. The molecule has 0 aromatic heterocycles. The van der Waals surface area contributed by atoms with Crippen LogP contribution in [-0.2, 0) is 0 Å². The maximum Gasteiger partial charge on any atom is 0.573 e. The molecule has 0 saturated carbocycles. The highest BCUT2D eigenvalue weighted by Crippen LogP contribution is 2.26. The molecular weight excluding hydrogens is 281 g/mol. The number of alkyl halides is 3. The number of benzene rings is 1. The molecule has 1 aromatic carbocycles. The van der Waals surface area contributed by atoms with E-state index in [1.807, 2.05) is 0 Å². The minimum absolute atomic E-state index is 0.181. The fraction of sp³-hybridized carbons (Fsp3) is 0.600. The molecule has 1 heterocycles. The third-order valence-electron chi connectivity index (χ3n) is 3.97. The zero-order valence-corrected chi connectivity index (χ0v) is 12.3. The number of halogens is 3. The highest BCUT2D eigenvalue weighted by Gasteiger charge is 2.31. The summed E-state index contributed by atoms with van der Waals surface area (Å²) >= 11 is 0.